The third-order valence-electron chi connectivity index (χ3n) is 4.15. The van der Waals surface area contributed by atoms with Gasteiger partial charge in [0.1, 0.15) is 0 Å². The molecule has 1 aliphatic heterocycles. The van der Waals surface area contributed by atoms with Gasteiger partial charge in [0.2, 0.25) is 12.0 Å². The monoisotopic (exact) mass is 242 g/mol. The number of nitrogens with zero attached hydrogens (tertiary/aromatic N) is 1. The molecule has 0 spiro atoms. The number of rotatable bonds is 2. The molecule has 4 heteroatoms. The van der Waals surface area contributed by atoms with Gasteiger partial charge >= 0.3 is 0 Å². The van der Waals surface area contributed by atoms with Crippen LogP contribution in [0.15, 0.2) is 23.2 Å². The van der Waals surface area contributed by atoms with Crippen molar-refractivity contribution in [3.8, 4) is 0 Å². The summed E-state index contributed by atoms with van der Waals surface area (Å²) < 4.78 is 0. The topological polar surface area (TPSA) is 58.5 Å². The van der Waals surface area contributed by atoms with E-state index in [9.17, 15) is 9.59 Å². The summed E-state index contributed by atoms with van der Waals surface area (Å²) in [6.45, 7) is 1.89. The van der Waals surface area contributed by atoms with E-state index in [1.807, 2.05) is 25.1 Å². The first-order chi connectivity index (χ1) is 8.66. The molecule has 0 radical (unpaired) electrons. The zero-order valence-electron chi connectivity index (χ0n) is 10.2. The summed E-state index contributed by atoms with van der Waals surface area (Å²) in [7, 11) is 0. The lowest BCUT2D eigenvalue weighted by Crippen LogP contribution is -2.31. The van der Waals surface area contributed by atoms with E-state index in [1.54, 1.807) is 6.08 Å². The van der Waals surface area contributed by atoms with Crippen molar-refractivity contribution in [2.75, 3.05) is 5.32 Å². The smallest absolute Gasteiger partial charge is 0.235 e. The van der Waals surface area contributed by atoms with E-state index in [0.29, 0.717) is 0 Å². The lowest BCUT2D eigenvalue weighted by atomic mass is 9.72. The Morgan fingerprint density at radius 2 is 2.22 bits per heavy atom. The average molecular weight is 242 g/mol. The van der Waals surface area contributed by atoms with Crippen LogP contribution in [0.5, 0.6) is 0 Å². The molecule has 92 valence electrons. The van der Waals surface area contributed by atoms with Gasteiger partial charge < -0.3 is 5.32 Å². The van der Waals surface area contributed by atoms with Gasteiger partial charge in [-0.15, -0.1) is 0 Å². The highest BCUT2D eigenvalue weighted by Crippen LogP contribution is 2.46. The van der Waals surface area contributed by atoms with Gasteiger partial charge in [0.15, 0.2) is 0 Å². The van der Waals surface area contributed by atoms with Crippen molar-refractivity contribution < 1.29 is 9.59 Å². The average Bonchev–Trinajstić information content (AvgIpc) is 2.60. The molecule has 1 fully saturated rings. The molecule has 0 bridgehead atoms. The minimum absolute atomic E-state index is 0.0312. The second-order valence-electron chi connectivity index (χ2n) is 5.10. The largest absolute Gasteiger partial charge is 0.325 e. The summed E-state index contributed by atoms with van der Waals surface area (Å²) in [5.41, 5.74) is 2.52. The van der Waals surface area contributed by atoms with Crippen molar-refractivity contribution in [2.45, 2.75) is 37.6 Å². The van der Waals surface area contributed by atoms with Crippen LogP contribution in [0.2, 0.25) is 0 Å². The number of anilines is 1. The van der Waals surface area contributed by atoms with Crippen molar-refractivity contribution >= 4 is 17.7 Å². The maximum absolute atomic E-state index is 11.6. The summed E-state index contributed by atoms with van der Waals surface area (Å²) in [6.07, 6.45) is 4.54. The van der Waals surface area contributed by atoms with E-state index in [-0.39, 0.29) is 17.4 Å². The summed E-state index contributed by atoms with van der Waals surface area (Å²) in [5.74, 6) is -0.0963. The van der Waals surface area contributed by atoms with Crippen LogP contribution in [-0.4, -0.2) is 12.0 Å². The van der Waals surface area contributed by atoms with Gasteiger partial charge in [-0.3, -0.25) is 4.79 Å². The number of aliphatic imine (C=N–C) groups is 1. The molecule has 1 amide bonds. The van der Waals surface area contributed by atoms with Crippen LogP contribution >= 0.6 is 0 Å². The van der Waals surface area contributed by atoms with Gasteiger partial charge in [-0.2, -0.15) is 4.99 Å². The SMILES string of the molecule is CC1C(=O)Nc2ccc(C3(N=C=O)CCC3)cc21. The molecular formula is C14H14N2O2. The van der Waals surface area contributed by atoms with Crippen LogP contribution in [0.1, 0.15) is 43.2 Å². The Labute approximate surface area is 105 Å². The van der Waals surface area contributed by atoms with Crippen molar-refractivity contribution in [3.63, 3.8) is 0 Å². The predicted molar refractivity (Wildman–Crippen MR) is 67.1 cm³/mol. The zero-order chi connectivity index (χ0) is 12.8. The van der Waals surface area contributed by atoms with Gasteiger partial charge in [-0.05, 0) is 43.4 Å². The van der Waals surface area contributed by atoms with Gasteiger partial charge in [-0.1, -0.05) is 12.1 Å². The molecule has 0 aromatic heterocycles. The number of amides is 1. The Balaban J connectivity index is 2.06. The minimum atomic E-state index is -0.387. The van der Waals surface area contributed by atoms with Gasteiger partial charge in [-0.25, -0.2) is 4.79 Å². The normalized spacial score (nSPS) is 23.6. The van der Waals surface area contributed by atoms with Crippen molar-refractivity contribution in [2.24, 2.45) is 4.99 Å². The van der Waals surface area contributed by atoms with Crippen molar-refractivity contribution in [1.29, 1.82) is 0 Å². The Bertz CT molecular complexity index is 569. The van der Waals surface area contributed by atoms with Crippen molar-refractivity contribution in [3.05, 3.63) is 29.3 Å². The Morgan fingerprint density at radius 1 is 1.44 bits per heavy atom. The number of nitrogens with one attached hydrogen (secondary N) is 1. The minimum Gasteiger partial charge on any atom is -0.325 e. The molecule has 1 saturated carbocycles. The second-order valence-corrected chi connectivity index (χ2v) is 5.10. The first-order valence-corrected chi connectivity index (χ1v) is 6.21. The lowest BCUT2D eigenvalue weighted by molar-refractivity contribution is -0.116. The first-order valence-electron chi connectivity index (χ1n) is 6.21. The van der Waals surface area contributed by atoms with Crippen LogP contribution in [0, 0.1) is 0 Å². The third-order valence-corrected chi connectivity index (χ3v) is 4.15. The summed E-state index contributed by atoms with van der Waals surface area (Å²) in [5, 5.41) is 2.85. The Kier molecular flexibility index (Phi) is 2.35. The van der Waals surface area contributed by atoms with Crippen molar-refractivity contribution in [1.82, 2.24) is 0 Å². The molecule has 1 aromatic rings. The summed E-state index contributed by atoms with van der Waals surface area (Å²) in [6, 6.07) is 5.88. The standard InChI is InChI=1S/C14H14N2O2/c1-9-11-7-10(3-4-12(11)16-13(9)18)14(15-8-17)5-2-6-14/h3-4,7,9H,2,5-6H2,1H3,(H,16,18). The molecule has 4 nitrogen and oxygen atoms in total. The third kappa shape index (κ3) is 1.42. The summed E-state index contributed by atoms with van der Waals surface area (Å²) >= 11 is 0. The maximum Gasteiger partial charge on any atom is 0.235 e. The van der Waals surface area contributed by atoms with Gasteiger partial charge in [0, 0.05) is 5.69 Å². The summed E-state index contributed by atoms with van der Waals surface area (Å²) in [4.78, 5) is 26.2. The predicted octanol–water partition coefficient (Wildman–Crippen LogP) is 2.46. The molecule has 1 heterocycles. The van der Waals surface area contributed by atoms with E-state index < -0.39 is 0 Å². The number of benzene rings is 1. The number of hydrogen-bond donors (Lipinski definition) is 1. The molecule has 3 rings (SSSR count). The number of hydrogen-bond acceptors (Lipinski definition) is 3. The molecule has 1 unspecified atom stereocenters. The molecule has 0 saturated heterocycles. The molecule has 1 aliphatic carbocycles. The Hall–Kier alpha value is -1.93. The Morgan fingerprint density at radius 3 is 2.83 bits per heavy atom. The number of isocyanates is 1. The second kappa shape index (κ2) is 3.79. The van der Waals surface area contributed by atoms with E-state index in [0.717, 1.165) is 36.1 Å². The van der Waals surface area contributed by atoms with Crippen LogP contribution in [-0.2, 0) is 15.1 Å². The van der Waals surface area contributed by atoms with Gasteiger partial charge in [0.25, 0.3) is 0 Å². The van der Waals surface area contributed by atoms with Crippen LogP contribution in [0.4, 0.5) is 5.69 Å². The molecular weight excluding hydrogens is 228 g/mol. The molecule has 18 heavy (non-hydrogen) atoms. The zero-order valence-corrected chi connectivity index (χ0v) is 10.2. The highest BCUT2D eigenvalue weighted by Gasteiger charge is 2.40. The highest BCUT2D eigenvalue weighted by atomic mass is 16.2. The van der Waals surface area contributed by atoms with Crippen LogP contribution in [0.25, 0.3) is 0 Å². The van der Waals surface area contributed by atoms with Gasteiger partial charge in [0.05, 0.1) is 11.5 Å². The van der Waals surface area contributed by atoms with E-state index >= 15 is 0 Å². The van der Waals surface area contributed by atoms with E-state index in [4.69, 9.17) is 0 Å². The fraction of sp³-hybridized carbons (Fsp3) is 0.429. The quantitative estimate of drug-likeness (QED) is 0.639. The van der Waals surface area contributed by atoms with Crippen LogP contribution < -0.4 is 5.32 Å². The first kappa shape index (κ1) is 11.2. The van der Waals surface area contributed by atoms with Crippen LogP contribution in [0.3, 0.4) is 0 Å². The van der Waals surface area contributed by atoms with E-state index in [2.05, 4.69) is 10.3 Å². The highest BCUT2D eigenvalue weighted by molar-refractivity contribution is 6.02. The fourth-order valence-electron chi connectivity index (χ4n) is 2.77. The molecule has 1 atom stereocenters. The molecule has 2 aliphatic rings. The molecule has 1 N–H and O–H groups in total. The number of carbonyl (C=O) groups excluding carboxylic acids is 2. The molecule has 1 aromatic carbocycles. The maximum atomic E-state index is 11.6. The lowest BCUT2D eigenvalue weighted by Gasteiger charge is -2.37. The van der Waals surface area contributed by atoms with E-state index in [1.165, 1.54) is 0 Å². The number of fused-ring (bicyclic) bond motifs is 1. The number of carbonyl (C=O) groups is 1. The fourth-order valence-corrected chi connectivity index (χ4v) is 2.77.